The molecule has 41 heavy (non-hydrogen) atoms. The smallest absolute Gasteiger partial charge is 0.194 e. The molecule has 5 rings (SSSR count). The summed E-state index contributed by atoms with van der Waals surface area (Å²) in [4.78, 5) is 0. The monoisotopic (exact) mass is 578 g/mol. The fourth-order valence-corrected chi connectivity index (χ4v) is 6.83. The van der Waals surface area contributed by atoms with Crippen LogP contribution in [-0.4, -0.2) is 0 Å². The van der Waals surface area contributed by atoms with E-state index in [0.717, 1.165) is 81.8 Å². The summed E-state index contributed by atoms with van der Waals surface area (Å²) in [5.74, 6) is -8.12. The van der Waals surface area contributed by atoms with Gasteiger partial charge in [0.15, 0.2) is 23.3 Å². The molecule has 8 heteroatoms. The molecule has 0 aliphatic heterocycles. The van der Waals surface area contributed by atoms with Crippen LogP contribution in [-0.2, 0) is 0 Å². The fourth-order valence-electron chi connectivity index (χ4n) is 6.83. The van der Waals surface area contributed by atoms with Crippen LogP contribution in [0.5, 0.6) is 0 Å². The Morgan fingerprint density at radius 3 is 1.59 bits per heavy atom. The maximum Gasteiger partial charge on any atom is 0.194 e. The van der Waals surface area contributed by atoms with Crippen molar-refractivity contribution in [1.29, 1.82) is 0 Å². The minimum atomic E-state index is -1.46. The summed E-state index contributed by atoms with van der Waals surface area (Å²) in [6, 6.07) is 7.45. The van der Waals surface area contributed by atoms with Gasteiger partial charge in [-0.25, -0.2) is 35.1 Å². The molecule has 0 spiro atoms. The van der Waals surface area contributed by atoms with E-state index in [-0.39, 0.29) is 34.1 Å². The minimum absolute atomic E-state index is 0.0182. The van der Waals surface area contributed by atoms with Crippen molar-refractivity contribution in [2.75, 3.05) is 0 Å². The lowest BCUT2D eigenvalue weighted by Gasteiger charge is -2.38. The van der Waals surface area contributed by atoms with E-state index in [9.17, 15) is 26.3 Å². The minimum Gasteiger partial charge on any atom is -0.209 e. The van der Waals surface area contributed by atoms with Crippen LogP contribution >= 0.6 is 0 Å². The molecule has 2 saturated carbocycles. The van der Waals surface area contributed by atoms with Gasteiger partial charge in [-0.1, -0.05) is 12.1 Å². The molecule has 3 aromatic carbocycles. The summed E-state index contributed by atoms with van der Waals surface area (Å²) in [7, 11) is 0. The van der Waals surface area contributed by atoms with Crippen LogP contribution < -0.4 is 0 Å². The first-order valence-electron chi connectivity index (χ1n) is 14.0. The summed E-state index contributed by atoms with van der Waals surface area (Å²) >= 11 is 0. The third kappa shape index (κ3) is 6.07. The maximum atomic E-state index is 15.2. The van der Waals surface area contributed by atoms with Crippen molar-refractivity contribution in [2.45, 2.75) is 70.1 Å². The number of hydrogen-bond acceptors (Lipinski definition) is 0. The average Bonchev–Trinajstić information content (AvgIpc) is 2.95. The molecule has 0 saturated heterocycles. The Kier molecular flexibility index (Phi) is 8.57. The molecule has 218 valence electrons. The van der Waals surface area contributed by atoms with Gasteiger partial charge in [-0.15, -0.1) is 0 Å². The molecule has 2 aliphatic rings. The van der Waals surface area contributed by atoms with Gasteiger partial charge < -0.3 is 0 Å². The van der Waals surface area contributed by atoms with Crippen LogP contribution in [0.15, 0.2) is 48.3 Å². The van der Waals surface area contributed by atoms with Crippen molar-refractivity contribution < 1.29 is 35.1 Å². The molecular formula is C33H30F8. The SMILES string of the molecule is CC(F)=C(F)c1ccc(-c2cc(F)c(C3CCC(C4CCC(c5cc(F)c(F)c(F)c5)CC4)CC3)c(F)c2)c(F)c1. The largest absolute Gasteiger partial charge is 0.209 e. The summed E-state index contributed by atoms with van der Waals surface area (Å²) in [5, 5.41) is 0. The van der Waals surface area contributed by atoms with Gasteiger partial charge in [-0.2, -0.15) is 0 Å². The first kappa shape index (κ1) is 29.3. The van der Waals surface area contributed by atoms with Gasteiger partial charge in [0, 0.05) is 16.7 Å². The molecule has 0 amide bonds. The molecule has 0 nitrogen and oxygen atoms in total. The van der Waals surface area contributed by atoms with Gasteiger partial charge in [-0.3, -0.25) is 0 Å². The topological polar surface area (TPSA) is 0 Å². The Morgan fingerprint density at radius 2 is 1.10 bits per heavy atom. The van der Waals surface area contributed by atoms with Crippen molar-refractivity contribution in [3.8, 4) is 11.1 Å². The van der Waals surface area contributed by atoms with E-state index in [4.69, 9.17) is 0 Å². The highest BCUT2D eigenvalue weighted by Gasteiger charge is 2.34. The van der Waals surface area contributed by atoms with Gasteiger partial charge in [0.05, 0.1) is 0 Å². The molecule has 0 unspecified atom stereocenters. The van der Waals surface area contributed by atoms with Crippen LogP contribution in [0.2, 0.25) is 0 Å². The van der Waals surface area contributed by atoms with Crippen LogP contribution in [0, 0.1) is 46.7 Å². The lowest BCUT2D eigenvalue weighted by Crippen LogP contribution is -2.25. The molecule has 0 heterocycles. The molecule has 2 fully saturated rings. The quantitative estimate of drug-likeness (QED) is 0.209. The van der Waals surface area contributed by atoms with Gasteiger partial charge in [-0.05, 0) is 123 Å². The Bertz CT molecular complexity index is 1410. The first-order chi connectivity index (χ1) is 19.5. The number of halogens is 8. The number of rotatable bonds is 5. The van der Waals surface area contributed by atoms with E-state index in [0.29, 0.717) is 30.2 Å². The molecule has 0 bridgehead atoms. The molecular weight excluding hydrogens is 548 g/mol. The highest BCUT2D eigenvalue weighted by atomic mass is 19.2. The van der Waals surface area contributed by atoms with Gasteiger partial charge in [0.25, 0.3) is 0 Å². The van der Waals surface area contributed by atoms with Crippen LogP contribution in [0.3, 0.4) is 0 Å². The highest BCUT2D eigenvalue weighted by molar-refractivity contribution is 5.69. The van der Waals surface area contributed by atoms with Crippen LogP contribution in [0.4, 0.5) is 35.1 Å². The van der Waals surface area contributed by atoms with E-state index in [1.54, 1.807) is 0 Å². The van der Waals surface area contributed by atoms with Gasteiger partial charge in [0.2, 0.25) is 0 Å². The maximum absolute atomic E-state index is 15.2. The second-order valence-electron chi connectivity index (χ2n) is 11.4. The zero-order valence-corrected chi connectivity index (χ0v) is 22.5. The summed E-state index contributed by atoms with van der Waals surface area (Å²) < 4.78 is 113. The normalized spacial score (nSPS) is 23.8. The van der Waals surface area contributed by atoms with E-state index >= 15 is 8.78 Å². The first-order valence-corrected chi connectivity index (χ1v) is 14.0. The van der Waals surface area contributed by atoms with Crippen LogP contribution in [0.1, 0.15) is 86.8 Å². The third-order valence-corrected chi connectivity index (χ3v) is 9.01. The number of hydrogen-bond donors (Lipinski definition) is 0. The summed E-state index contributed by atoms with van der Waals surface area (Å²) in [5.41, 5.74) is 0.0173. The standard InChI is InChI=1S/C33H30F8/c1-17(34)32(40)22-10-11-25(26(35)12-22)24-15-27(36)31(28(37)16-24)21-8-6-19(7-9-21)18-2-4-20(5-3-18)23-13-29(38)33(41)30(39)14-23/h10-16,18-21H,2-9H2,1H3. The van der Waals surface area contributed by atoms with Crippen molar-refractivity contribution in [3.05, 3.63) is 99.9 Å². The predicted molar refractivity (Wildman–Crippen MR) is 142 cm³/mol. The summed E-state index contributed by atoms with van der Waals surface area (Å²) in [6.07, 6.45) is 6.02. The second kappa shape index (κ2) is 12.0. The van der Waals surface area contributed by atoms with Crippen molar-refractivity contribution in [2.24, 2.45) is 11.8 Å². The van der Waals surface area contributed by atoms with Gasteiger partial charge >= 0.3 is 0 Å². The summed E-state index contributed by atoms with van der Waals surface area (Å²) in [6.45, 7) is 0.908. The predicted octanol–water partition coefficient (Wildman–Crippen LogP) is 11.1. The zero-order valence-electron chi connectivity index (χ0n) is 22.5. The van der Waals surface area contributed by atoms with E-state index < -0.39 is 46.6 Å². The second-order valence-corrected chi connectivity index (χ2v) is 11.4. The van der Waals surface area contributed by atoms with Crippen molar-refractivity contribution in [1.82, 2.24) is 0 Å². The molecule has 0 radical (unpaired) electrons. The van der Waals surface area contributed by atoms with E-state index in [2.05, 4.69) is 0 Å². The molecule has 0 atom stereocenters. The number of benzene rings is 3. The Hall–Kier alpha value is -3.16. The molecule has 0 aromatic heterocycles. The van der Waals surface area contributed by atoms with Crippen molar-refractivity contribution in [3.63, 3.8) is 0 Å². The Balaban J connectivity index is 1.22. The van der Waals surface area contributed by atoms with E-state index in [1.165, 1.54) is 6.07 Å². The van der Waals surface area contributed by atoms with Crippen LogP contribution in [0.25, 0.3) is 17.0 Å². The molecule has 2 aliphatic carbocycles. The van der Waals surface area contributed by atoms with Gasteiger partial charge in [0.1, 0.15) is 23.3 Å². The zero-order chi connectivity index (χ0) is 29.4. The highest BCUT2D eigenvalue weighted by Crippen LogP contribution is 2.47. The Labute approximate surface area is 234 Å². The number of allylic oxidation sites excluding steroid dienone is 1. The Morgan fingerprint density at radius 1 is 0.585 bits per heavy atom. The van der Waals surface area contributed by atoms with Crippen molar-refractivity contribution >= 4 is 5.83 Å². The average molecular weight is 579 g/mol. The molecule has 0 N–H and O–H groups in total. The lowest BCUT2D eigenvalue weighted by atomic mass is 9.67. The fraction of sp³-hybridized carbons (Fsp3) is 0.394. The lowest BCUT2D eigenvalue weighted by molar-refractivity contribution is 0.175. The molecule has 3 aromatic rings. The third-order valence-electron chi connectivity index (χ3n) is 9.01. The van der Waals surface area contributed by atoms with E-state index in [1.807, 2.05) is 0 Å².